The van der Waals surface area contributed by atoms with Crippen LogP contribution in [0.15, 0.2) is 36.5 Å². The number of nitrogens with zero attached hydrogens (tertiary/aromatic N) is 1. The topological polar surface area (TPSA) is 63.2 Å². The maximum absolute atomic E-state index is 13.7. The molecule has 126 valence electrons. The van der Waals surface area contributed by atoms with Crippen LogP contribution in [0.4, 0.5) is 8.78 Å². The van der Waals surface area contributed by atoms with Crippen LogP contribution >= 0.6 is 0 Å². The summed E-state index contributed by atoms with van der Waals surface area (Å²) in [6.45, 7) is 1.73. The fraction of sp³-hybridized carbons (Fsp3) is 0.294. The molecule has 0 aliphatic carbocycles. The summed E-state index contributed by atoms with van der Waals surface area (Å²) in [5, 5.41) is 5.97. The van der Waals surface area contributed by atoms with Crippen molar-refractivity contribution in [2.45, 2.75) is 13.0 Å². The van der Waals surface area contributed by atoms with Crippen LogP contribution < -0.4 is 15.4 Å². The van der Waals surface area contributed by atoms with Crippen molar-refractivity contribution in [2.75, 3.05) is 13.1 Å². The Labute approximate surface area is 138 Å². The third-order valence-electron chi connectivity index (χ3n) is 3.83. The van der Waals surface area contributed by atoms with Gasteiger partial charge in [0.05, 0.1) is 5.92 Å². The molecule has 1 aliphatic rings. The normalized spacial score (nSPS) is 16.8. The fourth-order valence-corrected chi connectivity index (χ4v) is 2.52. The van der Waals surface area contributed by atoms with Crippen LogP contribution in [0.3, 0.4) is 0 Å². The molecular formula is C17H17F2N3O2. The van der Waals surface area contributed by atoms with Gasteiger partial charge in [0.2, 0.25) is 11.8 Å². The number of ether oxygens (including phenoxy) is 1. The van der Waals surface area contributed by atoms with E-state index < -0.39 is 11.6 Å². The van der Waals surface area contributed by atoms with Gasteiger partial charge in [-0.15, -0.1) is 0 Å². The van der Waals surface area contributed by atoms with Crippen molar-refractivity contribution in [2.24, 2.45) is 5.92 Å². The van der Waals surface area contributed by atoms with E-state index in [9.17, 15) is 13.6 Å². The van der Waals surface area contributed by atoms with E-state index in [0.717, 1.165) is 25.1 Å². The Bertz CT molecular complexity index is 734. The molecule has 1 amide bonds. The van der Waals surface area contributed by atoms with Gasteiger partial charge in [-0.1, -0.05) is 6.07 Å². The lowest BCUT2D eigenvalue weighted by Gasteiger charge is -2.13. The van der Waals surface area contributed by atoms with E-state index >= 15 is 0 Å². The number of carbonyl (C=O) groups excluding carboxylic acids is 1. The first kappa shape index (κ1) is 16.3. The standard InChI is InChI=1S/C17H17F2N3O2/c18-13-3-4-15(14(19)8-13)24-17-12(2-1-6-21-17)10-22-16(23)11-5-7-20-9-11/h1-4,6,8,11,20H,5,7,9-10H2,(H,22,23)/t11-/m1/s1. The molecule has 1 aromatic heterocycles. The molecule has 1 saturated heterocycles. The summed E-state index contributed by atoms with van der Waals surface area (Å²) in [6, 6.07) is 6.48. The van der Waals surface area contributed by atoms with Crippen molar-refractivity contribution in [1.82, 2.24) is 15.6 Å². The molecular weight excluding hydrogens is 316 g/mol. The molecule has 0 bridgehead atoms. The summed E-state index contributed by atoms with van der Waals surface area (Å²) < 4.78 is 32.1. The van der Waals surface area contributed by atoms with Crippen LogP contribution in [0.25, 0.3) is 0 Å². The average Bonchev–Trinajstić information content (AvgIpc) is 3.11. The third-order valence-corrected chi connectivity index (χ3v) is 3.83. The molecule has 24 heavy (non-hydrogen) atoms. The van der Waals surface area contributed by atoms with E-state index in [2.05, 4.69) is 15.6 Å². The second-order valence-electron chi connectivity index (χ2n) is 5.55. The van der Waals surface area contributed by atoms with E-state index in [1.54, 1.807) is 12.1 Å². The molecule has 7 heteroatoms. The Hall–Kier alpha value is -2.54. The zero-order chi connectivity index (χ0) is 16.9. The van der Waals surface area contributed by atoms with Crippen molar-refractivity contribution in [1.29, 1.82) is 0 Å². The molecule has 2 aromatic rings. The van der Waals surface area contributed by atoms with Crippen molar-refractivity contribution in [3.8, 4) is 11.6 Å². The van der Waals surface area contributed by atoms with Gasteiger partial charge in [0, 0.05) is 30.9 Å². The van der Waals surface area contributed by atoms with Crippen molar-refractivity contribution >= 4 is 5.91 Å². The second kappa shape index (κ2) is 7.35. The number of pyridine rings is 1. The monoisotopic (exact) mass is 333 g/mol. The molecule has 2 heterocycles. The Balaban J connectivity index is 1.69. The summed E-state index contributed by atoms with van der Waals surface area (Å²) in [4.78, 5) is 16.1. The predicted molar refractivity (Wildman–Crippen MR) is 83.5 cm³/mol. The lowest BCUT2D eigenvalue weighted by molar-refractivity contribution is -0.124. The Kier molecular flexibility index (Phi) is 5.00. The SMILES string of the molecule is O=C(NCc1cccnc1Oc1ccc(F)cc1F)[C@@H]1CCNC1. The summed E-state index contributed by atoms with van der Waals surface area (Å²) in [7, 11) is 0. The number of carbonyl (C=O) groups is 1. The summed E-state index contributed by atoms with van der Waals surface area (Å²) in [6.07, 6.45) is 2.31. The maximum Gasteiger partial charge on any atom is 0.224 e. The van der Waals surface area contributed by atoms with Gasteiger partial charge in [-0.25, -0.2) is 13.8 Å². The Morgan fingerprint density at radius 1 is 1.38 bits per heavy atom. The van der Waals surface area contributed by atoms with Gasteiger partial charge in [0.25, 0.3) is 0 Å². The van der Waals surface area contributed by atoms with Gasteiger partial charge in [-0.3, -0.25) is 4.79 Å². The highest BCUT2D eigenvalue weighted by Gasteiger charge is 2.22. The highest BCUT2D eigenvalue weighted by Crippen LogP contribution is 2.26. The van der Waals surface area contributed by atoms with Gasteiger partial charge in [0.1, 0.15) is 5.82 Å². The van der Waals surface area contributed by atoms with Crippen LogP contribution in [0.1, 0.15) is 12.0 Å². The number of rotatable bonds is 5. The predicted octanol–water partition coefficient (Wildman–Crippen LogP) is 2.38. The van der Waals surface area contributed by atoms with Crippen LogP contribution in [-0.4, -0.2) is 24.0 Å². The average molecular weight is 333 g/mol. The zero-order valence-corrected chi connectivity index (χ0v) is 12.9. The minimum atomic E-state index is -0.812. The molecule has 3 rings (SSSR count). The smallest absolute Gasteiger partial charge is 0.224 e. The number of hydrogen-bond donors (Lipinski definition) is 2. The molecule has 1 atom stereocenters. The second-order valence-corrected chi connectivity index (χ2v) is 5.55. The number of hydrogen-bond acceptors (Lipinski definition) is 4. The summed E-state index contributed by atoms with van der Waals surface area (Å²) in [5.74, 6) is -1.52. The van der Waals surface area contributed by atoms with E-state index in [0.29, 0.717) is 12.1 Å². The van der Waals surface area contributed by atoms with Gasteiger partial charge < -0.3 is 15.4 Å². The van der Waals surface area contributed by atoms with Crippen molar-refractivity contribution in [3.05, 3.63) is 53.7 Å². The number of halogens is 2. The molecule has 5 nitrogen and oxygen atoms in total. The molecule has 0 spiro atoms. The lowest BCUT2D eigenvalue weighted by Crippen LogP contribution is -2.31. The summed E-state index contributed by atoms with van der Waals surface area (Å²) in [5.41, 5.74) is 0.612. The fourth-order valence-electron chi connectivity index (χ4n) is 2.52. The van der Waals surface area contributed by atoms with Crippen LogP contribution in [0, 0.1) is 17.6 Å². The Morgan fingerprint density at radius 3 is 3.00 bits per heavy atom. The van der Waals surface area contributed by atoms with E-state index in [4.69, 9.17) is 4.74 Å². The highest BCUT2D eigenvalue weighted by molar-refractivity contribution is 5.79. The van der Waals surface area contributed by atoms with Crippen LogP contribution in [0.5, 0.6) is 11.6 Å². The number of nitrogens with one attached hydrogen (secondary N) is 2. The minimum absolute atomic E-state index is 0.0391. The van der Waals surface area contributed by atoms with E-state index in [1.165, 1.54) is 12.3 Å². The molecule has 0 unspecified atom stereocenters. The number of benzene rings is 1. The van der Waals surface area contributed by atoms with E-state index in [-0.39, 0.29) is 30.0 Å². The van der Waals surface area contributed by atoms with Gasteiger partial charge >= 0.3 is 0 Å². The Morgan fingerprint density at radius 2 is 2.25 bits per heavy atom. The van der Waals surface area contributed by atoms with Gasteiger partial charge in [0.15, 0.2) is 11.6 Å². The highest BCUT2D eigenvalue weighted by atomic mass is 19.1. The first-order chi connectivity index (χ1) is 11.6. The first-order valence-corrected chi connectivity index (χ1v) is 7.68. The first-order valence-electron chi connectivity index (χ1n) is 7.68. The third kappa shape index (κ3) is 3.86. The van der Waals surface area contributed by atoms with E-state index in [1.807, 2.05) is 0 Å². The minimum Gasteiger partial charge on any atom is -0.436 e. The maximum atomic E-state index is 13.7. The van der Waals surface area contributed by atoms with Crippen molar-refractivity contribution in [3.63, 3.8) is 0 Å². The summed E-state index contributed by atoms with van der Waals surface area (Å²) >= 11 is 0. The molecule has 1 aromatic carbocycles. The zero-order valence-electron chi connectivity index (χ0n) is 12.9. The number of aromatic nitrogens is 1. The molecule has 0 radical (unpaired) electrons. The van der Waals surface area contributed by atoms with Crippen LogP contribution in [0.2, 0.25) is 0 Å². The molecule has 1 aliphatic heterocycles. The van der Waals surface area contributed by atoms with Gasteiger partial charge in [-0.05, 0) is 31.2 Å². The lowest BCUT2D eigenvalue weighted by atomic mass is 10.1. The molecule has 2 N–H and O–H groups in total. The van der Waals surface area contributed by atoms with Crippen molar-refractivity contribution < 1.29 is 18.3 Å². The number of amides is 1. The van der Waals surface area contributed by atoms with Crippen LogP contribution in [-0.2, 0) is 11.3 Å². The molecule has 1 fully saturated rings. The largest absolute Gasteiger partial charge is 0.436 e. The molecule has 0 saturated carbocycles. The van der Waals surface area contributed by atoms with Gasteiger partial charge in [-0.2, -0.15) is 0 Å². The quantitative estimate of drug-likeness (QED) is 0.882.